The summed E-state index contributed by atoms with van der Waals surface area (Å²) in [6.45, 7) is 2.71. The topological polar surface area (TPSA) is 38.3 Å². The second kappa shape index (κ2) is 4.76. The lowest BCUT2D eigenvalue weighted by molar-refractivity contribution is 0.102. The van der Waals surface area contributed by atoms with Gasteiger partial charge in [0.25, 0.3) is 5.91 Å². The molecule has 0 spiro atoms. The number of fused-ring (bicyclic) bond motifs is 1. The average molecular weight is 253 g/mol. The van der Waals surface area contributed by atoms with E-state index < -0.39 is 0 Å². The maximum Gasteiger partial charge on any atom is 0.255 e. The second-order valence-electron chi connectivity index (χ2n) is 4.74. The highest BCUT2D eigenvalue weighted by Crippen LogP contribution is 2.26. The Labute approximate surface area is 112 Å². The van der Waals surface area contributed by atoms with E-state index in [9.17, 15) is 4.79 Å². The van der Waals surface area contributed by atoms with Gasteiger partial charge < -0.3 is 10.1 Å². The highest BCUT2D eigenvalue weighted by molar-refractivity contribution is 6.04. The van der Waals surface area contributed by atoms with E-state index in [1.54, 1.807) is 6.07 Å². The highest BCUT2D eigenvalue weighted by atomic mass is 16.5. The lowest BCUT2D eigenvalue weighted by Gasteiger charge is -2.07. The molecule has 0 fully saturated rings. The standard InChI is InChI=1S/C16H15NO2/c1-11-3-2-4-14(9-11)17-16(18)13-5-6-15-12(10-13)7-8-19-15/h2-6,9-10H,7-8H2,1H3,(H,17,18). The molecule has 3 heteroatoms. The number of carbonyl (C=O) groups is 1. The van der Waals surface area contributed by atoms with E-state index in [0.29, 0.717) is 12.2 Å². The van der Waals surface area contributed by atoms with E-state index in [4.69, 9.17) is 4.74 Å². The Morgan fingerprint density at radius 1 is 1.21 bits per heavy atom. The van der Waals surface area contributed by atoms with Crippen molar-refractivity contribution in [3.8, 4) is 5.75 Å². The van der Waals surface area contributed by atoms with Gasteiger partial charge in [-0.1, -0.05) is 12.1 Å². The Bertz CT molecular complexity index is 634. The largest absolute Gasteiger partial charge is 0.493 e. The molecule has 0 aromatic heterocycles. The molecule has 2 aromatic carbocycles. The number of nitrogens with one attached hydrogen (secondary N) is 1. The monoisotopic (exact) mass is 253 g/mol. The van der Waals surface area contributed by atoms with Crippen molar-refractivity contribution in [2.24, 2.45) is 0 Å². The van der Waals surface area contributed by atoms with Crippen molar-refractivity contribution in [1.29, 1.82) is 0 Å². The quantitative estimate of drug-likeness (QED) is 0.892. The number of aryl methyl sites for hydroxylation is 1. The van der Waals surface area contributed by atoms with E-state index in [1.807, 2.05) is 43.3 Å². The van der Waals surface area contributed by atoms with Gasteiger partial charge in [0, 0.05) is 17.7 Å². The van der Waals surface area contributed by atoms with Crippen LogP contribution in [-0.2, 0) is 6.42 Å². The van der Waals surface area contributed by atoms with Gasteiger partial charge in [-0.25, -0.2) is 0 Å². The van der Waals surface area contributed by atoms with Gasteiger partial charge in [0.1, 0.15) is 5.75 Å². The Morgan fingerprint density at radius 3 is 2.95 bits per heavy atom. The van der Waals surface area contributed by atoms with Crippen molar-refractivity contribution >= 4 is 11.6 Å². The van der Waals surface area contributed by atoms with Crippen molar-refractivity contribution in [3.63, 3.8) is 0 Å². The molecular weight excluding hydrogens is 238 g/mol. The third-order valence-electron chi connectivity index (χ3n) is 3.23. The van der Waals surface area contributed by atoms with Crippen LogP contribution in [0.5, 0.6) is 5.75 Å². The maximum atomic E-state index is 12.2. The summed E-state index contributed by atoms with van der Waals surface area (Å²) in [5.41, 5.74) is 3.73. The minimum absolute atomic E-state index is 0.0831. The molecule has 1 N–H and O–H groups in total. The van der Waals surface area contributed by atoms with Gasteiger partial charge in [-0.15, -0.1) is 0 Å². The molecule has 1 aliphatic rings. The highest BCUT2D eigenvalue weighted by Gasteiger charge is 2.15. The van der Waals surface area contributed by atoms with Crippen molar-refractivity contribution in [2.45, 2.75) is 13.3 Å². The van der Waals surface area contributed by atoms with Gasteiger partial charge in [0.05, 0.1) is 6.61 Å². The lowest BCUT2D eigenvalue weighted by Crippen LogP contribution is -2.12. The molecule has 0 aliphatic carbocycles. The third-order valence-corrected chi connectivity index (χ3v) is 3.23. The molecule has 1 amide bonds. The number of hydrogen-bond acceptors (Lipinski definition) is 2. The Balaban J connectivity index is 1.81. The first kappa shape index (κ1) is 11.8. The second-order valence-corrected chi connectivity index (χ2v) is 4.74. The number of benzene rings is 2. The summed E-state index contributed by atoms with van der Waals surface area (Å²) in [7, 11) is 0. The normalized spacial score (nSPS) is 12.7. The average Bonchev–Trinajstić information content (AvgIpc) is 2.85. The van der Waals surface area contributed by atoms with Crippen molar-refractivity contribution in [1.82, 2.24) is 0 Å². The fourth-order valence-corrected chi connectivity index (χ4v) is 2.25. The fraction of sp³-hybridized carbons (Fsp3) is 0.188. The summed E-state index contributed by atoms with van der Waals surface area (Å²) in [5.74, 6) is 0.812. The van der Waals surface area contributed by atoms with Gasteiger partial charge in [0.2, 0.25) is 0 Å². The van der Waals surface area contributed by atoms with Crippen LogP contribution >= 0.6 is 0 Å². The van der Waals surface area contributed by atoms with Crippen LogP contribution in [0.15, 0.2) is 42.5 Å². The summed E-state index contributed by atoms with van der Waals surface area (Å²) in [6.07, 6.45) is 0.876. The van der Waals surface area contributed by atoms with E-state index in [0.717, 1.165) is 29.0 Å². The van der Waals surface area contributed by atoms with Gasteiger partial charge in [-0.2, -0.15) is 0 Å². The smallest absolute Gasteiger partial charge is 0.255 e. The van der Waals surface area contributed by atoms with E-state index in [2.05, 4.69) is 5.32 Å². The first-order chi connectivity index (χ1) is 9.22. The zero-order valence-electron chi connectivity index (χ0n) is 10.8. The molecule has 1 heterocycles. The predicted molar refractivity (Wildman–Crippen MR) is 74.8 cm³/mol. The predicted octanol–water partition coefficient (Wildman–Crippen LogP) is 3.18. The van der Waals surface area contributed by atoms with E-state index in [-0.39, 0.29) is 5.91 Å². The van der Waals surface area contributed by atoms with Crippen LogP contribution in [0, 0.1) is 6.92 Å². The van der Waals surface area contributed by atoms with Gasteiger partial charge in [-0.05, 0) is 48.4 Å². The van der Waals surface area contributed by atoms with Gasteiger partial charge in [-0.3, -0.25) is 4.79 Å². The van der Waals surface area contributed by atoms with E-state index in [1.165, 1.54) is 0 Å². The van der Waals surface area contributed by atoms with Crippen molar-refractivity contribution in [2.75, 3.05) is 11.9 Å². The van der Waals surface area contributed by atoms with Crippen LogP contribution < -0.4 is 10.1 Å². The minimum atomic E-state index is -0.0831. The molecule has 3 rings (SSSR count). The minimum Gasteiger partial charge on any atom is -0.493 e. The molecular formula is C16H15NO2. The van der Waals surface area contributed by atoms with Crippen LogP contribution in [0.2, 0.25) is 0 Å². The molecule has 0 saturated carbocycles. The van der Waals surface area contributed by atoms with E-state index >= 15 is 0 Å². The molecule has 0 bridgehead atoms. The SMILES string of the molecule is Cc1cccc(NC(=O)c2ccc3c(c2)CCO3)c1. The number of carbonyl (C=O) groups excluding carboxylic acids is 1. The number of amides is 1. The Hall–Kier alpha value is -2.29. The first-order valence-electron chi connectivity index (χ1n) is 6.36. The lowest BCUT2D eigenvalue weighted by atomic mass is 10.1. The third kappa shape index (κ3) is 2.45. The summed E-state index contributed by atoms with van der Waals surface area (Å²) >= 11 is 0. The van der Waals surface area contributed by atoms with Crippen LogP contribution in [0.25, 0.3) is 0 Å². The van der Waals surface area contributed by atoms with Crippen LogP contribution in [-0.4, -0.2) is 12.5 Å². The number of anilines is 1. The summed E-state index contributed by atoms with van der Waals surface area (Å²) in [6, 6.07) is 13.4. The zero-order chi connectivity index (χ0) is 13.2. The van der Waals surface area contributed by atoms with Crippen molar-refractivity contribution < 1.29 is 9.53 Å². The fourth-order valence-electron chi connectivity index (χ4n) is 2.25. The van der Waals surface area contributed by atoms with Crippen LogP contribution in [0.3, 0.4) is 0 Å². The summed E-state index contributed by atoms with van der Waals surface area (Å²) in [4.78, 5) is 12.2. The maximum absolute atomic E-state index is 12.2. The molecule has 0 atom stereocenters. The Morgan fingerprint density at radius 2 is 2.11 bits per heavy atom. The molecule has 19 heavy (non-hydrogen) atoms. The first-order valence-corrected chi connectivity index (χ1v) is 6.36. The van der Waals surface area contributed by atoms with Gasteiger partial charge in [0.15, 0.2) is 0 Å². The number of ether oxygens (including phenoxy) is 1. The van der Waals surface area contributed by atoms with Gasteiger partial charge >= 0.3 is 0 Å². The molecule has 96 valence electrons. The summed E-state index contributed by atoms with van der Waals surface area (Å²) in [5, 5.41) is 2.91. The number of rotatable bonds is 2. The zero-order valence-corrected chi connectivity index (χ0v) is 10.8. The molecule has 1 aliphatic heterocycles. The molecule has 0 radical (unpaired) electrons. The Kier molecular flexibility index (Phi) is 2.95. The molecule has 3 nitrogen and oxygen atoms in total. The molecule has 2 aromatic rings. The number of hydrogen-bond donors (Lipinski definition) is 1. The van der Waals surface area contributed by atoms with Crippen molar-refractivity contribution in [3.05, 3.63) is 59.2 Å². The van der Waals surface area contributed by atoms with Crippen LogP contribution in [0.4, 0.5) is 5.69 Å². The molecule has 0 saturated heterocycles. The molecule has 0 unspecified atom stereocenters. The van der Waals surface area contributed by atoms with Crippen LogP contribution in [0.1, 0.15) is 21.5 Å². The summed E-state index contributed by atoms with van der Waals surface area (Å²) < 4.78 is 5.44.